The minimum absolute atomic E-state index is 0.188. The number of phosphoric ester groups is 1. The van der Waals surface area contributed by atoms with Gasteiger partial charge in [-0.05, 0) is 12.8 Å². The van der Waals surface area contributed by atoms with E-state index < -0.39 is 26.6 Å². The number of amides is 1. The molecule has 0 fully saturated rings. The van der Waals surface area contributed by atoms with Crippen LogP contribution in [0, 0.1) is 0 Å². The minimum atomic E-state index is -4.69. The van der Waals surface area contributed by atoms with Crippen molar-refractivity contribution in [1.29, 1.82) is 0 Å². The number of hydrogen-bond acceptors (Lipinski definition) is 4. The number of aliphatic hydroxyl groups is 1. The molecule has 51 heavy (non-hydrogen) atoms. The van der Waals surface area contributed by atoms with E-state index in [0.717, 1.165) is 38.5 Å². The molecule has 7 nitrogen and oxygen atoms in total. The summed E-state index contributed by atoms with van der Waals surface area (Å²) in [5.41, 5.74) is 0. The maximum absolute atomic E-state index is 12.6. The maximum atomic E-state index is 12.6. The van der Waals surface area contributed by atoms with E-state index in [4.69, 9.17) is 0 Å². The van der Waals surface area contributed by atoms with E-state index >= 15 is 0 Å². The third-order valence-corrected chi connectivity index (χ3v) is 11.1. The van der Waals surface area contributed by atoms with Gasteiger partial charge in [0.1, 0.15) is 0 Å². The fourth-order valence-corrected chi connectivity index (χ4v) is 7.53. The van der Waals surface area contributed by atoms with Crippen molar-refractivity contribution in [2.45, 2.75) is 264 Å². The fraction of sp³-hybridized carbons (Fsp3) is 0.977. The Morgan fingerprint density at radius 1 is 0.490 bits per heavy atom. The molecule has 306 valence electrons. The first-order chi connectivity index (χ1) is 24.8. The molecule has 0 saturated carbocycles. The standard InChI is InChI=1S/C43H88NO6P/c1-3-5-7-9-11-13-15-17-19-20-21-22-23-24-25-27-29-31-33-35-37-39-43(46)44-41(40-50-51(47,48)49)42(45)38-36-34-32-30-28-26-18-16-14-12-10-8-6-4-2/h41-42,45H,3-40H2,1-2H3,(H,44,46)(H2,47,48,49)/t41-,42+/m0/s1. The van der Waals surface area contributed by atoms with E-state index in [9.17, 15) is 24.3 Å². The Morgan fingerprint density at radius 2 is 0.765 bits per heavy atom. The van der Waals surface area contributed by atoms with Crippen molar-refractivity contribution in [3.63, 3.8) is 0 Å². The molecule has 0 aliphatic carbocycles. The highest BCUT2D eigenvalue weighted by atomic mass is 31.2. The Bertz CT molecular complexity index is 763. The number of hydrogen-bond donors (Lipinski definition) is 4. The molecular weight excluding hydrogens is 657 g/mol. The van der Waals surface area contributed by atoms with Crippen LogP contribution in [0.15, 0.2) is 0 Å². The van der Waals surface area contributed by atoms with Gasteiger partial charge >= 0.3 is 7.82 Å². The summed E-state index contributed by atoms with van der Waals surface area (Å²) < 4.78 is 16.0. The summed E-state index contributed by atoms with van der Waals surface area (Å²) in [6.07, 6.45) is 45.2. The maximum Gasteiger partial charge on any atom is 0.469 e. The van der Waals surface area contributed by atoms with Crippen LogP contribution in [0.1, 0.15) is 251 Å². The lowest BCUT2D eigenvalue weighted by Crippen LogP contribution is -2.46. The highest BCUT2D eigenvalue weighted by Crippen LogP contribution is 2.36. The first-order valence-electron chi connectivity index (χ1n) is 22.5. The lowest BCUT2D eigenvalue weighted by Gasteiger charge is -2.24. The average molecular weight is 746 g/mol. The van der Waals surface area contributed by atoms with E-state index in [0.29, 0.717) is 12.8 Å². The number of aliphatic hydroxyl groups excluding tert-OH is 1. The highest BCUT2D eigenvalue weighted by Gasteiger charge is 2.25. The van der Waals surface area contributed by atoms with Crippen LogP contribution in [0.4, 0.5) is 0 Å². The monoisotopic (exact) mass is 746 g/mol. The highest BCUT2D eigenvalue weighted by molar-refractivity contribution is 7.46. The molecule has 4 N–H and O–H groups in total. The summed E-state index contributed by atoms with van der Waals surface area (Å²) in [5, 5.41) is 13.5. The fourth-order valence-electron chi connectivity index (χ4n) is 7.17. The smallest absolute Gasteiger partial charge is 0.391 e. The van der Waals surface area contributed by atoms with Gasteiger partial charge in [-0.1, -0.05) is 232 Å². The van der Waals surface area contributed by atoms with Crippen LogP contribution in [-0.2, 0) is 13.9 Å². The topological polar surface area (TPSA) is 116 Å². The molecule has 0 unspecified atom stereocenters. The Morgan fingerprint density at radius 3 is 1.06 bits per heavy atom. The molecule has 0 aliphatic heterocycles. The molecule has 0 heterocycles. The van der Waals surface area contributed by atoms with Gasteiger partial charge in [0.05, 0.1) is 18.8 Å². The molecule has 0 aromatic heterocycles. The second-order valence-corrected chi connectivity index (χ2v) is 17.0. The Kier molecular flexibility index (Phi) is 38.9. The Balaban J connectivity index is 3.81. The van der Waals surface area contributed by atoms with Crippen molar-refractivity contribution in [1.82, 2.24) is 5.32 Å². The summed E-state index contributed by atoms with van der Waals surface area (Å²) in [6, 6.07) is -0.818. The van der Waals surface area contributed by atoms with Crippen molar-refractivity contribution < 1.29 is 28.8 Å². The first-order valence-corrected chi connectivity index (χ1v) is 24.0. The zero-order valence-electron chi connectivity index (χ0n) is 34.0. The van der Waals surface area contributed by atoms with E-state index in [1.807, 2.05) is 0 Å². The van der Waals surface area contributed by atoms with Crippen LogP contribution in [0.25, 0.3) is 0 Å². The van der Waals surface area contributed by atoms with Gasteiger partial charge in [0.25, 0.3) is 0 Å². The summed E-state index contributed by atoms with van der Waals surface area (Å²) in [7, 11) is -4.69. The van der Waals surface area contributed by atoms with Gasteiger partial charge in [-0.15, -0.1) is 0 Å². The molecular formula is C43H88NO6P. The molecule has 0 aliphatic rings. The molecule has 0 aromatic carbocycles. The van der Waals surface area contributed by atoms with Crippen molar-refractivity contribution in [2.75, 3.05) is 6.61 Å². The molecule has 2 atom stereocenters. The first kappa shape index (κ1) is 50.5. The zero-order chi connectivity index (χ0) is 37.5. The number of unbranched alkanes of at least 4 members (excludes halogenated alkanes) is 33. The minimum Gasteiger partial charge on any atom is -0.391 e. The van der Waals surface area contributed by atoms with E-state index in [-0.39, 0.29) is 5.91 Å². The van der Waals surface area contributed by atoms with Crippen LogP contribution in [0.2, 0.25) is 0 Å². The van der Waals surface area contributed by atoms with Crippen LogP contribution in [0.5, 0.6) is 0 Å². The molecule has 0 bridgehead atoms. The predicted molar refractivity (Wildman–Crippen MR) is 218 cm³/mol. The van der Waals surface area contributed by atoms with Crippen LogP contribution in [0.3, 0.4) is 0 Å². The zero-order valence-corrected chi connectivity index (χ0v) is 34.9. The van der Waals surface area contributed by atoms with Crippen LogP contribution < -0.4 is 5.32 Å². The molecule has 1 amide bonds. The third kappa shape index (κ3) is 40.6. The number of carbonyl (C=O) groups excluding carboxylic acids is 1. The van der Waals surface area contributed by atoms with Crippen molar-refractivity contribution >= 4 is 13.7 Å². The molecule has 0 spiro atoms. The van der Waals surface area contributed by atoms with Crippen LogP contribution in [-0.4, -0.2) is 39.6 Å². The van der Waals surface area contributed by atoms with Crippen LogP contribution >= 0.6 is 7.82 Å². The SMILES string of the molecule is CCCCCCCCCCCCCCCCCCCCCCCC(=O)N[C@@H](COP(=O)(O)O)[C@H](O)CCCCCCCCCCCCCCCC. The van der Waals surface area contributed by atoms with E-state index in [2.05, 4.69) is 23.7 Å². The van der Waals surface area contributed by atoms with E-state index in [1.54, 1.807) is 0 Å². The molecule has 0 aromatic rings. The van der Waals surface area contributed by atoms with Crippen molar-refractivity contribution in [2.24, 2.45) is 0 Å². The summed E-state index contributed by atoms with van der Waals surface area (Å²) >= 11 is 0. The van der Waals surface area contributed by atoms with Crippen molar-refractivity contribution in [3.8, 4) is 0 Å². The number of phosphoric acid groups is 1. The predicted octanol–water partition coefficient (Wildman–Crippen LogP) is 13.4. The number of rotatable bonds is 42. The summed E-state index contributed by atoms with van der Waals surface area (Å²) in [6.45, 7) is 4.15. The lowest BCUT2D eigenvalue weighted by atomic mass is 10.0. The quantitative estimate of drug-likeness (QED) is 0.0365. The van der Waals surface area contributed by atoms with Crippen molar-refractivity contribution in [3.05, 3.63) is 0 Å². The summed E-state index contributed by atoms with van der Waals surface area (Å²) in [5.74, 6) is -0.188. The van der Waals surface area contributed by atoms with Gasteiger partial charge in [-0.2, -0.15) is 0 Å². The second kappa shape index (κ2) is 39.2. The Hall–Kier alpha value is -0.460. The van der Waals surface area contributed by atoms with Gasteiger partial charge in [0.15, 0.2) is 0 Å². The molecule has 0 radical (unpaired) electrons. The molecule has 0 rings (SSSR count). The number of carbonyl (C=O) groups is 1. The van der Waals surface area contributed by atoms with E-state index in [1.165, 1.54) is 186 Å². The largest absolute Gasteiger partial charge is 0.469 e. The van der Waals surface area contributed by atoms with Gasteiger partial charge in [0.2, 0.25) is 5.91 Å². The van der Waals surface area contributed by atoms with Gasteiger partial charge in [-0.3, -0.25) is 9.32 Å². The van der Waals surface area contributed by atoms with Gasteiger partial charge in [-0.25, -0.2) is 4.57 Å². The Labute approximate surface area is 317 Å². The molecule has 8 heteroatoms. The van der Waals surface area contributed by atoms with Gasteiger partial charge < -0.3 is 20.2 Å². The second-order valence-electron chi connectivity index (χ2n) is 15.7. The third-order valence-electron chi connectivity index (χ3n) is 10.6. The van der Waals surface area contributed by atoms with Gasteiger partial charge in [0, 0.05) is 6.42 Å². The average Bonchev–Trinajstić information content (AvgIpc) is 3.10. The molecule has 0 saturated heterocycles. The number of nitrogens with one attached hydrogen (secondary N) is 1. The summed E-state index contributed by atoms with van der Waals surface area (Å²) in [4.78, 5) is 31.0. The lowest BCUT2D eigenvalue weighted by molar-refractivity contribution is -0.123. The normalized spacial score (nSPS) is 13.1.